The van der Waals surface area contributed by atoms with Crippen molar-refractivity contribution in [3.05, 3.63) is 58.6 Å². The number of anilines is 1. The summed E-state index contributed by atoms with van der Waals surface area (Å²) in [6.07, 6.45) is 3.40. The molecular formula is C20H19ClN2O3. The molecule has 0 aromatic heterocycles. The number of nitriles is 1. The molecule has 0 aliphatic rings. The van der Waals surface area contributed by atoms with Crippen molar-refractivity contribution >= 4 is 29.3 Å². The van der Waals surface area contributed by atoms with Crippen LogP contribution in [0.3, 0.4) is 0 Å². The molecule has 0 fully saturated rings. The van der Waals surface area contributed by atoms with E-state index in [0.717, 1.165) is 11.1 Å². The summed E-state index contributed by atoms with van der Waals surface area (Å²) in [6, 6.07) is 12.7. The lowest BCUT2D eigenvalue weighted by molar-refractivity contribution is -0.111. The Labute approximate surface area is 157 Å². The van der Waals surface area contributed by atoms with E-state index in [0.29, 0.717) is 35.2 Å². The van der Waals surface area contributed by atoms with Crippen LogP contribution in [0.1, 0.15) is 18.1 Å². The summed E-state index contributed by atoms with van der Waals surface area (Å²) in [5.41, 5.74) is 2.27. The third kappa shape index (κ3) is 5.27. The highest BCUT2D eigenvalue weighted by molar-refractivity contribution is 6.32. The summed E-state index contributed by atoms with van der Waals surface area (Å²) < 4.78 is 10.8. The molecule has 1 N–H and O–H groups in total. The van der Waals surface area contributed by atoms with Crippen LogP contribution in [0, 0.1) is 11.3 Å². The number of nitrogens with zero attached hydrogens (tertiary/aromatic N) is 1. The largest absolute Gasteiger partial charge is 0.493 e. The van der Waals surface area contributed by atoms with Crippen molar-refractivity contribution in [3.63, 3.8) is 0 Å². The van der Waals surface area contributed by atoms with Crippen LogP contribution in [0.2, 0.25) is 5.02 Å². The van der Waals surface area contributed by atoms with Crippen LogP contribution in [-0.4, -0.2) is 19.6 Å². The van der Waals surface area contributed by atoms with Gasteiger partial charge >= 0.3 is 0 Å². The van der Waals surface area contributed by atoms with Gasteiger partial charge in [0, 0.05) is 11.8 Å². The van der Waals surface area contributed by atoms with E-state index in [4.69, 9.17) is 26.3 Å². The second-order valence-electron chi connectivity index (χ2n) is 5.32. The lowest BCUT2D eigenvalue weighted by Crippen LogP contribution is -2.07. The molecule has 0 bridgehead atoms. The first-order valence-electron chi connectivity index (χ1n) is 8.02. The van der Waals surface area contributed by atoms with Gasteiger partial charge in [-0.15, -0.1) is 0 Å². The number of carbonyl (C=O) groups is 1. The minimum Gasteiger partial charge on any atom is -0.493 e. The van der Waals surface area contributed by atoms with E-state index in [-0.39, 0.29) is 5.91 Å². The molecule has 0 unspecified atom stereocenters. The van der Waals surface area contributed by atoms with Crippen LogP contribution in [0.15, 0.2) is 42.5 Å². The van der Waals surface area contributed by atoms with Gasteiger partial charge in [0.1, 0.15) is 0 Å². The second kappa shape index (κ2) is 9.50. The third-order valence-corrected chi connectivity index (χ3v) is 3.75. The van der Waals surface area contributed by atoms with Crippen molar-refractivity contribution in [2.75, 3.05) is 19.0 Å². The first kappa shape index (κ1) is 19.4. The highest BCUT2D eigenvalue weighted by atomic mass is 35.5. The van der Waals surface area contributed by atoms with E-state index in [1.807, 2.05) is 6.92 Å². The summed E-state index contributed by atoms with van der Waals surface area (Å²) in [5.74, 6) is 0.713. The lowest BCUT2D eigenvalue weighted by Gasteiger charge is -2.11. The first-order valence-corrected chi connectivity index (χ1v) is 8.40. The molecule has 2 rings (SSSR count). The quantitative estimate of drug-likeness (QED) is 0.730. The molecule has 0 saturated carbocycles. The van der Waals surface area contributed by atoms with Gasteiger partial charge in [-0.1, -0.05) is 23.7 Å². The first-order chi connectivity index (χ1) is 12.6. The van der Waals surface area contributed by atoms with Gasteiger partial charge in [-0.2, -0.15) is 5.26 Å². The van der Waals surface area contributed by atoms with Crippen LogP contribution >= 0.6 is 11.6 Å². The average molecular weight is 371 g/mol. The lowest BCUT2D eigenvalue weighted by atomic mass is 10.1. The van der Waals surface area contributed by atoms with E-state index in [9.17, 15) is 4.79 Å². The predicted octanol–water partition coefficient (Wildman–Crippen LogP) is 4.47. The summed E-state index contributed by atoms with van der Waals surface area (Å²) in [5, 5.41) is 11.8. The predicted molar refractivity (Wildman–Crippen MR) is 103 cm³/mol. The summed E-state index contributed by atoms with van der Waals surface area (Å²) in [7, 11) is 1.53. The molecule has 26 heavy (non-hydrogen) atoms. The highest BCUT2D eigenvalue weighted by Crippen LogP contribution is 2.36. The van der Waals surface area contributed by atoms with Crippen LogP contribution in [0.4, 0.5) is 5.69 Å². The topological polar surface area (TPSA) is 71.3 Å². The molecule has 2 aromatic carbocycles. The summed E-state index contributed by atoms with van der Waals surface area (Å²) in [6.45, 7) is 2.33. The number of hydrogen-bond acceptors (Lipinski definition) is 4. The minimum atomic E-state index is -0.276. The molecule has 6 heteroatoms. The molecule has 0 atom stereocenters. The molecule has 1 amide bonds. The monoisotopic (exact) mass is 370 g/mol. The summed E-state index contributed by atoms with van der Waals surface area (Å²) >= 11 is 6.22. The number of rotatable bonds is 7. The number of benzene rings is 2. The third-order valence-electron chi connectivity index (χ3n) is 3.47. The molecular weight excluding hydrogens is 352 g/mol. The van der Waals surface area contributed by atoms with Crippen LogP contribution in [0.25, 0.3) is 6.08 Å². The Morgan fingerprint density at radius 3 is 2.65 bits per heavy atom. The van der Waals surface area contributed by atoms with Gasteiger partial charge in [-0.3, -0.25) is 4.79 Å². The molecule has 0 spiro atoms. The molecule has 0 aliphatic carbocycles. The average Bonchev–Trinajstić information content (AvgIpc) is 2.63. The van der Waals surface area contributed by atoms with Gasteiger partial charge in [0.05, 0.1) is 31.2 Å². The van der Waals surface area contributed by atoms with Crippen LogP contribution in [0.5, 0.6) is 11.5 Å². The number of halogens is 1. The zero-order valence-corrected chi connectivity index (χ0v) is 15.3. The van der Waals surface area contributed by atoms with Crippen molar-refractivity contribution in [1.82, 2.24) is 0 Å². The number of methoxy groups -OCH3 is 1. The van der Waals surface area contributed by atoms with E-state index in [2.05, 4.69) is 11.4 Å². The van der Waals surface area contributed by atoms with E-state index < -0.39 is 0 Å². The van der Waals surface area contributed by atoms with E-state index in [1.54, 1.807) is 42.5 Å². The van der Waals surface area contributed by atoms with Crippen molar-refractivity contribution < 1.29 is 14.3 Å². The van der Waals surface area contributed by atoms with Gasteiger partial charge in [0.2, 0.25) is 5.91 Å². The van der Waals surface area contributed by atoms with Gasteiger partial charge in [-0.05, 0) is 48.4 Å². The Morgan fingerprint density at radius 1 is 1.31 bits per heavy atom. The molecule has 0 aliphatic heterocycles. The number of nitrogens with one attached hydrogen (secondary N) is 1. The Kier molecular flexibility index (Phi) is 7.07. The SMILES string of the molecule is CCOc1c(Cl)cc(/C=C/C(=O)Nc2ccc(CC#N)cc2)cc1OC. The van der Waals surface area contributed by atoms with Crippen molar-refractivity contribution in [2.24, 2.45) is 0 Å². The Balaban J connectivity index is 2.07. The molecule has 0 radical (unpaired) electrons. The molecule has 0 heterocycles. The van der Waals surface area contributed by atoms with Crippen molar-refractivity contribution in [1.29, 1.82) is 5.26 Å². The van der Waals surface area contributed by atoms with Crippen molar-refractivity contribution in [2.45, 2.75) is 13.3 Å². The van der Waals surface area contributed by atoms with Crippen LogP contribution in [-0.2, 0) is 11.2 Å². The fraction of sp³-hybridized carbons (Fsp3) is 0.200. The summed E-state index contributed by atoms with van der Waals surface area (Å²) in [4.78, 5) is 12.1. The zero-order valence-electron chi connectivity index (χ0n) is 14.6. The number of amides is 1. The van der Waals surface area contributed by atoms with Crippen LogP contribution < -0.4 is 14.8 Å². The molecule has 134 valence electrons. The second-order valence-corrected chi connectivity index (χ2v) is 5.73. The molecule has 5 nitrogen and oxygen atoms in total. The van der Waals surface area contributed by atoms with Gasteiger partial charge in [0.15, 0.2) is 11.5 Å². The Bertz CT molecular complexity index is 839. The normalized spacial score (nSPS) is 10.4. The molecule has 2 aromatic rings. The fourth-order valence-corrected chi connectivity index (χ4v) is 2.55. The van der Waals surface area contributed by atoms with Gasteiger partial charge in [0.25, 0.3) is 0 Å². The standard InChI is InChI=1S/C20H19ClN2O3/c1-3-26-20-17(21)12-15(13-18(20)25-2)6-9-19(24)23-16-7-4-14(5-8-16)10-11-22/h4-9,12-13H,3,10H2,1-2H3,(H,23,24)/b9-6+. The highest BCUT2D eigenvalue weighted by Gasteiger charge is 2.10. The Hall–Kier alpha value is -2.97. The van der Waals surface area contributed by atoms with Crippen molar-refractivity contribution in [3.8, 4) is 17.6 Å². The van der Waals surface area contributed by atoms with Gasteiger partial charge < -0.3 is 14.8 Å². The minimum absolute atomic E-state index is 0.276. The van der Waals surface area contributed by atoms with Gasteiger partial charge in [-0.25, -0.2) is 0 Å². The number of hydrogen-bond donors (Lipinski definition) is 1. The fourth-order valence-electron chi connectivity index (χ4n) is 2.27. The maximum atomic E-state index is 12.1. The van der Waals surface area contributed by atoms with E-state index >= 15 is 0 Å². The molecule has 0 saturated heterocycles. The zero-order chi connectivity index (χ0) is 18.9. The Morgan fingerprint density at radius 2 is 2.04 bits per heavy atom. The number of carbonyl (C=O) groups excluding carboxylic acids is 1. The maximum absolute atomic E-state index is 12.1. The smallest absolute Gasteiger partial charge is 0.248 e. The number of ether oxygens (including phenoxy) is 2. The maximum Gasteiger partial charge on any atom is 0.248 e. The van der Waals surface area contributed by atoms with E-state index in [1.165, 1.54) is 13.2 Å².